The van der Waals surface area contributed by atoms with Crippen LogP contribution in [0.1, 0.15) is 11.1 Å². The number of fused-ring (bicyclic) bond motifs is 3. The summed E-state index contributed by atoms with van der Waals surface area (Å²) in [5.74, 6) is 2.55. The minimum absolute atomic E-state index is 0.213. The van der Waals surface area contributed by atoms with Gasteiger partial charge in [-0.25, -0.2) is 4.98 Å². The van der Waals surface area contributed by atoms with E-state index in [1.54, 1.807) is 60.7 Å². The topological polar surface area (TPSA) is 88.1 Å². The third-order valence-corrected chi connectivity index (χ3v) is 7.09. The van der Waals surface area contributed by atoms with Gasteiger partial charge in [-0.1, -0.05) is 41.4 Å². The fraction of sp³-hybridized carbons (Fsp3) is 0.0645. The van der Waals surface area contributed by atoms with Gasteiger partial charge >= 0.3 is 0 Å². The summed E-state index contributed by atoms with van der Waals surface area (Å²) < 4.78 is 23.9. The predicted molar refractivity (Wildman–Crippen MR) is 158 cm³/mol. The summed E-state index contributed by atoms with van der Waals surface area (Å²) in [5.41, 5.74) is 2.39. The highest BCUT2D eigenvalue weighted by Crippen LogP contribution is 2.34. The highest BCUT2D eigenvalue weighted by molar-refractivity contribution is 6.32. The monoisotopic (exact) mass is 583 g/mol. The van der Waals surface area contributed by atoms with Crippen molar-refractivity contribution < 1.29 is 18.6 Å². The van der Waals surface area contributed by atoms with Crippen molar-refractivity contribution in [3.8, 4) is 28.8 Å². The Bertz CT molecular complexity index is 2050. The van der Waals surface area contributed by atoms with Crippen molar-refractivity contribution >= 4 is 51.3 Å². The molecule has 0 unspecified atom stereocenters. The van der Waals surface area contributed by atoms with Crippen LogP contribution < -0.4 is 19.8 Å². The van der Waals surface area contributed by atoms with E-state index in [-0.39, 0.29) is 18.2 Å². The first-order valence-corrected chi connectivity index (χ1v) is 13.3. The number of ether oxygens (including phenoxy) is 3. The Morgan fingerprint density at radius 1 is 0.951 bits per heavy atom. The molecule has 202 valence electrons. The fourth-order valence-electron chi connectivity index (χ4n) is 4.55. The van der Waals surface area contributed by atoms with Gasteiger partial charge in [0.25, 0.3) is 5.56 Å². The van der Waals surface area contributed by atoms with Crippen LogP contribution in [0.5, 0.6) is 17.2 Å². The number of aromatic nitrogens is 2. The SMILES string of the molecule is O=c1c2ccccc2nc(-c2cc3cc(Cl)ccc3o2)n1N=Cc1ccc(OCc2ccc3c(c2)OCO3)c(Cl)c1. The van der Waals surface area contributed by atoms with Gasteiger partial charge in [-0.2, -0.15) is 9.78 Å². The number of hydrogen-bond acceptors (Lipinski definition) is 7. The second-order valence-corrected chi connectivity index (χ2v) is 10.1. The molecular weight excluding hydrogens is 565 g/mol. The number of benzene rings is 4. The molecule has 0 radical (unpaired) electrons. The van der Waals surface area contributed by atoms with Crippen LogP contribution in [0.2, 0.25) is 10.0 Å². The van der Waals surface area contributed by atoms with E-state index in [0.29, 0.717) is 61.7 Å². The van der Waals surface area contributed by atoms with E-state index in [2.05, 4.69) is 5.10 Å². The van der Waals surface area contributed by atoms with Gasteiger partial charge in [0, 0.05) is 10.4 Å². The van der Waals surface area contributed by atoms with E-state index >= 15 is 0 Å². The third kappa shape index (κ3) is 4.88. The van der Waals surface area contributed by atoms with Gasteiger partial charge in [-0.05, 0) is 77.9 Å². The summed E-state index contributed by atoms with van der Waals surface area (Å²) >= 11 is 12.7. The minimum Gasteiger partial charge on any atom is -0.487 e. The second-order valence-electron chi connectivity index (χ2n) is 9.27. The van der Waals surface area contributed by atoms with E-state index in [1.165, 1.54) is 10.9 Å². The lowest BCUT2D eigenvalue weighted by Crippen LogP contribution is -2.20. The molecular formula is C31H19Cl2N3O5. The van der Waals surface area contributed by atoms with Gasteiger partial charge in [-0.3, -0.25) is 4.79 Å². The van der Waals surface area contributed by atoms with Crippen LogP contribution in [0, 0.1) is 0 Å². The smallest absolute Gasteiger partial charge is 0.282 e. The summed E-state index contributed by atoms with van der Waals surface area (Å²) in [6.07, 6.45) is 1.54. The molecule has 0 fully saturated rings. The van der Waals surface area contributed by atoms with Gasteiger partial charge < -0.3 is 18.6 Å². The van der Waals surface area contributed by atoms with E-state index in [0.717, 1.165) is 10.9 Å². The van der Waals surface area contributed by atoms with Crippen LogP contribution in [-0.4, -0.2) is 22.7 Å². The van der Waals surface area contributed by atoms with Crippen LogP contribution in [0.25, 0.3) is 33.5 Å². The normalized spacial score (nSPS) is 12.5. The molecule has 10 heteroatoms. The first kappa shape index (κ1) is 25.2. The first-order chi connectivity index (χ1) is 20.0. The Hall–Kier alpha value is -4.79. The van der Waals surface area contributed by atoms with E-state index in [4.69, 9.17) is 46.8 Å². The number of halogens is 2. The van der Waals surface area contributed by atoms with Crippen molar-refractivity contribution in [3.05, 3.63) is 116 Å². The Morgan fingerprint density at radius 3 is 2.73 bits per heavy atom. The van der Waals surface area contributed by atoms with Crippen molar-refractivity contribution in [1.82, 2.24) is 9.66 Å². The highest BCUT2D eigenvalue weighted by Gasteiger charge is 2.17. The number of para-hydroxylation sites is 1. The molecule has 3 heterocycles. The van der Waals surface area contributed by atoms with Gasteiger partial charge in [-0.15, -0.1) is 0 Å². The number of nitrogens with zero attached hydrogens (tertiary/aromatic N) is 3. The van der Waals surface area contributed by atoms with Crippen molar-refractivity contribution in [2.24, 2.45) is 5.10 Å². The lowest BCUT2D eigenvalue weighted by Gasteiger charge is -2.10. The quantitative estimate of drug-likeness (QED) is 0.191. The lowest BCUT2D eigenvalue weighted by molar-refractivity contribution is 0.174. The summed E-state index contributed by atoms with van der Waals surface area (Å²) in [4.78, 5) is 18.2. The number of hydrogen-bond donors (Lipinski definition) is 0. The fourth-order valence-corrected chi connectivity index (χ4v) is 4.97. The standard InChI is InChI=1S/C31H19Cl2N3O5/c32-21-7-10-25-20(13-21)14-29(41-25)30-35-24-4-2-1-3-22(24)31(37)36(30)34-15-18-5-8-26(23(33)11-18)38-16-19-6-9-27-28(12-19)40-17-39-27/h1-15H,16-17H2. The molecule has 7 rings (SSSR count). The zero-order valence-corrected chi connectivity index (χ0v) is 22.7. The Morgan fingerprint density at radius 2 is 1.83 bits per heavy atom. The van der Waals surface area contributed by atoms with Gasteiger partial charge in [0.05, 0.1) is 22.1 Å². The van der Waals surface area contributed by atoms with Crippen LogP contribution in [0.4, 0.5) is 0 Å². The van der Waals surface area contributed by atoms with Crippen molar-refractivity contribution in [1.29, 1.82) is 0 Å². The molecule has 0 atom stereocenters. The largest absolute Gasteiger partial charge is 0.487 e. The van der Waals surface area contributed by atoms with Crippen LogP contribution in [0.15, 0.2) is 99.2 Å². The minimum atomic E-state index is -0.338. The van der Waals surface area contributed by atoms with Crippen molar-refractivity contribution in [3.63, 3.8) is 0 Å². The average Bonchev–Trinajstić information content (AvgIpc) is 3.62. The summed E-state index contributed by atoms with van der Waals surface area (Å²) in [5, 5.41) is 6.68. The number of furan rings is 1. The first-order valence-electron chi connectivity index (χ1n) is 12.6. The molecule has 0 bridgehead atoms. The maximum Gasteiger partial charge on any atom is 0.282 e. The molecule has 0 spiro atoms. The molecule has 0 aliphatic carbocycles. The molecule has 4 aromatic carbocycles. The molecule has 0 saturated carbocycles. The molecule has 0 N–H and O–H groups in total. The average molecular weight is 584 g/mol. The molecule has 0 saturated heterocycles. The zero-order chi connectivity index (χ0) is 27.9. The van der Waals surface area contributed by atoms with Crippen molar-refractivity contribution in [2.75, 3.05) is 6.79 Å². The maximum atomic E-state index is 13.5. The van der Waals surface area contributed by atoms with E-state index in [1.807, 2.05) is 24.3 Å². The van der Waals surface area contributed by atoms with Crippen LogP contribution in [-0.2, 0) is 6.61 Å². The van der Waals surface area contributed by atoms with Crippen molar-refractivity contribution in [2.45, 2.75) is 6.61 Å². The maximum absolute atomic E-state index is 13.5. The Labute approximate surface area is 242 Å². The number of rotatable bonds is 6. The predicted octanol–water partition coefficient (Wildman–Crippen LogP) is 7.31. The second kappa shape index (κ2) is 10.3. The molecule has 1 aliphatic heterocycles. The van der Waals surface area contributed by atoms with Crippen LogP contribution in [0.3, 0.4) is 0 Å². The van der Waals surface area contributed by atoms with Crippen LogP contribution >= 0.6 is 23.2 Å². The molecule has 2 aromatic heterocycles. The third-order valence-electron chi connectivity index (χ3n) is 6.56. The lowest BCUT2D eigenvalue weighted by atomic mass is 10.2. The Kier molecular flexibility index (Phi) is 6.34. The summed E-state index contributed by atoms with van der Waals surface area (Å²) in [7, 11) is 0. The molecule has 0 amide bonds. The van der Waals surface area contributed by atoms with E-state index in [9.17, 15) is 4.79 Å². The zero-order valence-electron chi connectivity index (χ0n) is 21.2. The van der Waals surface area contributed by atoms with E-state index < -0.39 is 0 Å². The van der Waals surface area contributed by atoms with Gasteiger partial charge in [0.2, 0.25) is 12.6 Å². The van der Waals surface area contributed by atoms with Gasteiger partial charge in [0.1, 0.15) is 17.9 Å². The summed E-state index contributed by atoms with van der Waals surface area (Å²) in [6.45, 7) is 0.512. The van der Waals surface area contributed by atoms with Gasteiger partial charge in [0.15, 0.2) is 17.3 Å². The molecule has 41 heavy (non-hydrogen) atoms. The molecule has 6 aromatic rings. The summed E-state index contributed by atoms with van der Waals surface area (Å²) in [6, 6.07) is 25.1. The Balaban J connectivity index is 1.20. The molecule has 1 aliphatic rings. The molecule has 8 nitrogen and oxygen atoms in total. The highest BCUT2D eigenvalue weighted by atomic mass is 35.5.